The number of anilines is 1. The van der Waals surface area contributed by atoms with Crippen LogP contribution in [0, 0.1) is 10.6 Å². The van der Waals surface area contributed by atoms with Crippen molar-refractivity contribution in [3.8, 4) is 11.1 Å². The number of nitrogens with zero attached hydrogens (tertiary/aromatic N) is 2. The van der Waals surface area contributed by atoms with E-state index in [-0.39, 0.29) is 27.5 Å². The zero-order valence-electron chi connectivity index (χ0n) is 12.8. The Hall–Kier alpha value is -2.61. The average Bonchev–Trinajstić information content (AvgIpc) is 3.00. The van der Waals surface area contributed by atoms with Crippen LogP contribution in [0.1, 0.15) is 23.3 Å². The van der Waals surface area contributed by atoms with Crippen molar-refractivity contribution in [1.29, 1.82) is 0 Å². The van der Waals surface area contributed by atoms with E-state index in [1.54, 1.807) is 11.0 Å². The summed E-state index contributed by atoms with van der Waals surface area (Å²) in [5.74, 6) is -1.26. The van der Waals surface area contributed by atoms with Crippen molar-refractivity contribution < 1.29 is 18.7 Å². The highest BCUT2D eigenvalue weighted by atomic mass is 32.1. The number of halogens is 1. The number of carbonyl (C=O) groups excluding carboxylic acids is 2. The molecule has 0 atom stereocenters. The second-order valence-electron chi connectivity index (χ2n) is 5.28. The van der Waals surface area contributed by atoms with E-state index in [1.807, 2.05) is 0 Å². The van der Waals surface area contributed by atoms with Gasteiger partial charge in [0.15, 0.2) is 4.77 Å². The number of benzene rings is 1. The van der Waals surface area contributed by atoms with Gasteiger partial charge in [0, 0.05) is 36.0 Å². The van der Waals surface area contributed by atoms with Gasteiger partial charge in [-0.15, -0.1) is 0 Å². The third-order valence-electron chi connectivity index (χ3n) is 3.83. The predicted molar refractivity (Wildman–Crippen MR) is 87.7 cm³/mol. The molecule has 0 aliphatic carbocycles. The Labute approximate surface area is 142 Å². The van der Waals surface area contributed by atoms with E-state index < -0.39 is 11.8 Å². The van der Waals surface area contributed by atoms with Crippen LogP contribution in [0.25, 0.3) is 11.1 Å². The molecule has 1 aliphatic heterocycles. The zero-order chi connectivity index (χ0) is 17.3. The molecule has 0 saturated carbocycles. The Morgan fingerprint density at radius 1 is 1.42 bits per heavy atom. The van der Waals surface area contributed by atoms with E-state index in [0.717, 1.165) is 6.42 Å². The maximum absolute atomic E-state index is 14.6. The van der Waals surface area contributed by atoms with Gasteiger partial charge in [-0.3, -0.25) is 4.79 Å². The van der Waals surface area contributed by atoms with Gasteiger partial charge in [-0.1, -0.05) is 0 Å². The Kier molecular flexibility index (Phi) is 4.39. The molecule has 0 bridgehead atoms. The van der Waals surface area contributed by atoms with Gasteiger partial charge >= 0.3 is 5.97 Å². The number of nitrogens with one attached hydrogen (secondary N) is 1. The molecule has 1 N–H and O–H groups in total. The molecule has 3 rings (SSSR count). The van der Waals surface area contributed by atoms with Gasteiger partial charge in [-0.05, 0) is 36.8 Å². The topological polar surface area (TPSA) is 75.3 Å². The van der Waals surface area contributed by atoms with Crippen molar-refractivity contribution in [2.45, 2.75) is 12.8 Å². The molecule has 1 aliphatic rings. The summed E-state index contributed by atoms with van der Waals surface area (Å²) in [7, 11) is 1.22. The van der Waals surface area contributed by atoms with E-state index in [2.05, 4.69) is 9.97 Å². The fourth-order valence-corrected chi connectivity index (χ4v) is 2.83. The van der Waals surface area contributed by atoms with E-state index in [9.17, 15) is 14.0 Å². The number of H-pyrrole nitrogens is 1. The number of hydrogen-bond acceptors (Lipinski definition) is 5. The molecule has 8 heteroatoms. The number of amides is 1. The second-order valence-corrected chi connectivity index (χ2v) is 5.67. The molecule has 1 amide bonds. The fourth-order valence-electron chi connectivity index (χ4n) is 2.67. The van der Waals surface area contributed by atoms with Gasteiger partial charge in [0.05, 0.1) is 7.11 Å². The summed E-state index contributed by atoms with van der Waals surface area (Å²) in [6.45, 7) is 0.574. The van der Waals surface area contributed by atoms with E-state index in [1.165, 1.54) is 25.4 Å². The minimum absolute atomic E-state index is 0.0251. The van der Waals surface area contributed by atoms with Crippen molar-refractivity contribution in [3.63, 3.8) is 0 Å². The monoisotopic (exact) mass is 347 g/mol. The number of methoxy groups -OCH3 is 1. The van der Waals surface area contributed by atoms with Crippen molar-refractivity contribution in [2.75, 3.05) is 18.6 Å². The quantitative estimate of drug-likeness (QED) is 0.682. The highest BCUT2D eigenvalue weighted by molar-refractivity contribution is 7.71. The number of aromatic nitrogens is 2. The smallest absolute Gasteiger partial charge is 0.355 e. The van der Waals surface area contributed by atoms with Gasteiger partial charge < -0.3 is 14.6 Å². The number of hydrogen-bond donors (Lipinski definition) is 1. The molecule has 6 nitrogen and oxygen atoms in total. The van der Waals surface area contributed by atoms with Crippen LogP contribution in [-0.2, 0) is 9.53 Å². The molecule has 0 spiro atoms. The molecule has 1 saturated heterocycles. The number of esters is 1. The Bertz CT molecular complexity index is 881. The molecule has 2 heterocycles. The summed E-state index contributed by atoms with van der Waals surface area (Å²) in [4.78, 5) is 31.7. The van der Waals surface area contributed by atoms with Crippen LogP contribution in [0.15, 0.2) is 24.4 Å². The first-order valence-corrected chi connectivity index (χ1v) is 7.70. The van der Waals surface area contributed by atoms with Crippen molar-refractivity contribution in [2.24, 2.45) is 0 Å². The van der Waals surface area contributed by atoms with Crippen LogP contribution in [0.2, 0.25) is 0 Å². The van der Waals surface area contributed by atoms with Crippen molar-refractivity contribution in [3.05, 3.63) is 40.7 Å². The maximum Gasteiger partial charge on any atom is 0.355 e. The lowest BCUT2D eigenvalue weighted by Crippen LogP contribution is -2.23. The zero-order valence-corrected chi connectivity index (χ0v) is 13.7. The SMILES string of the molecule is COC(=O)c1[nH]c(=S)ncc1-c1ccc(N2CCCC2=O)cc1F. The molecular weight excluding hydrogens is 333 g/mol. The van der Waals surface area contributed by atoms with Crippen LogP contribution in [0.3, 0.4) is 0 Å². The van der Waals surface area contributed by atoms with E-state index in [4.69, 9.17) is 17.0 Å². The number of ether oxygens (including phenoxy) is 1. The van der Waals surface area contributed by atoms with Crippen LogP contribution in [0.5, 0.6) is 0 Å². The summed E-state index contributed by atoms with van der Waals surface area (Å²) in [5, 5.41) is 0. The Morgan fingerprint density at radius 2 is 2.21 bits per heavy atom. The molecule has 0 unspecified atom stereocenters. The van der Waals surface area contributed by atoms with Gasteiger partial charge in [0.25, 0.3) is 0 Å². The van der Waals surface area contributed by atoms with E-state index >= 15 is 0 Å². The normalized spacial score (nSPS) is 14.1. The van der Waals surface area contributed by atoms with Crippen LogP contribution >= 0.6 is 12.2 Å². The van der Waals surface area contributed by atoms with Gasteiger partial charge in [-0.2, -0.15) is 0 Å². The summed E-state index contributed by atoms with van der Waals surface area (Å²) in [6, 6.07) is 4.43. The maximum atomic E-state index is 14.6. The number of rotatable bonds is 3. The lowest BCUT2D eigenvalue weighted by Gasteiger charge is -2.17. The van der Waals surface area contributed by atoms with Crippen molar-refractivity contribution >= 4 is 29.8 Å². The highest BCUT2D eigenvalue weighted by Crippen LogP contribution is 2.30. The van der Waals surface area contributed by atoms with Gasteiger partial charge in [0.1, 0.15) is 11.5 Å². The second kappa shape index (κ2) is 6.48. The first kappa shape index (κ1) is 16.3. The van der Waals surface area contributed by atoms with E-state index in [0.29, 0.717) is 18.7 Å². The Balaban J connectivity index is 2.06. The molecule has 2 aromatic rings. The summed E-state index contributed by atoms with van der Waals surface area (Å²) >= 11 is 4.90. The van der Waals surface area contributed by atoms with Gasteiger partial charge in [-0.25, -0.2) is 14.2 Å². The molecule has 1 fully saturated rings. The van der Waals surface area contributed by atoms with Gasteiger partial charge in [0.2, 0.25) is 5.91 Å². The largest absolute Gasteiger partial charge is 0.464 e. The minimum Gasteiger partial charge on any atom is -0.464 e. The molecular formula is C16H14FN3O3S. The van der Waals surface area contributed by atoms with Crippen LogP contribution in [0.4, 0.5) is 10.1 Å². The lowest BCUT2D eigenvalue weighted by atomic mass is 10.0. The summed E-state index contributed by atoms with van der Waals surface area (Å²) in [6.07, 6.45) is 2.55. The number of aromatic amines is 1. The fraction of sp³-hybridized carbons (Fsp3) is 0.250. The first-order valence-electron chi connectivity index (χ1n) is 7.29. The lowest BCUT2D eigenvalue weighted by molar-refractivity contribution is -0.117. The minimum atomic E-state index is -0.670. The molecule has 1 aromatic heterocycles. The molecule has 0 radical (unpaired) electrons. The Morgan fingerprint density at radius 3 is 2.83 bits per heavy atom. The summed E-state index contributed by atoms with van der Waals surface area (Å²) < 4.78 is 19.4. The summed E-state index contributed by atoms with van der Waals surface area (Å²) in [5.41, 5.74) is 0.938. The standard InChI is InChI=1S/C16H14FN3O3S/c1-23-15(22)14-11(8-18-16(24)19-14)10-5-4-9(7-12(10)17)20-6-2-3-13(20)21/h4-5,7-8H,2-3,6H2,1H3,(H,18,19,24). The predicted octanol–water partition coefficient (Wildman–Crippen LogP) is 2.86. The highest BCUT2D eigenvalue weighted by Gasteiger charge is 2.23. The average molecular weight is 347 g/mol. The third kappa shape index (κ3) is 2.92. The van der Waals surface area contributed by atoms with Crippen molar-refractivity contribution in [1.82, 2.24) is 9.97 Å². The van der Waals surface area contributed by atoms with Crippen LogP contribution < -0.4 is 4.90 Å². The third-order valence-corrected chi connectivity index (χ3v) is 4.04. The first-order chi connectivity index (χ1) is 11.5. The number of carbonyl (C=O) groups is 2. The molecule has 124 valence electrons. The van der Waals surface area contributed by atoms with Crippen LogP contribution in [-0.4, -0.2) is 35.5 Å². The molecule has 24 heavy (non-hydrogen) atoms. The molecule has 1 aromatic carbocycles.